The van der Waals surface area contributed by atoms with Crippen LogP contribution in [0.5, 0.6) is 5.75 Å². The summed E-state index contributed by atoms with van der Waals surface area (Å²) < 4.78 is 42.6. The molecule has 4 aromatic rings. The van der Waals surface area contributed by atoms with E-state index in [9.17, 15) is 22.8 Å². The van der Waals surface area contributed by atoms with Crippen molar-refractivity contribution in [3.63, 3.8) is 0 Å². The standard InChI is InChI=1S/C22H11Cl2F3N4O3/c1-10-17-18-14(20(32)30(21(18)33)12-4-7-15(23)16(24)8-12)9-28-19(17)31(29-10)11-2-5-13(6-3-11)34-22(25,26)27/h2-9H,1H3. The van der Waals surface area contributed by atoms with Gasteiger partial charge in [0.2, 0.25) is 0 Å². The van der Waals surface area contributed by atoms with Crippen LogP contribution >= 0.6 is 23.2 Å². The number of hydrogen-bond acceptors (Lipinski definition) is 5. The fourth-order valence-electron chi connectivity index (χ4n) is 3.79. The number of rotatable bonds is 3. The van der Waals surface area contributed by atoms with Crippen molar-refractivity contribution < 1.29 is 27.5 Å². The number of alkyl halides is 3. The molecule has 0 unspecified atom stereocenters. The zero-order valence-electron chi connectivity index (χ0n) is 17.0. The van der Waals surface area contributed by atoms with Gasteiger partial charge >= 0.3 is 6.36 Å². The average molecular weight is 507 g/mol. The summed E-state index contributed by atoms with van der Waals surface area (Å²) in [6.45, 7) is 1.64. The highest BCUT2D eigenvalue weighted by atomic mass is 35.5. The highest BCUT2D eigenvalue weighted by Crippen LogP contribution is 2.36. The SMILES string of the molecule is Cc1nn(-c2ccc(OC(F)(F)F)cc2)c2ncc3c(c12)C(=O)N(c1ccc(Cl)c(Cl)c1)C3=O. The van der Waals surface area contributed by atoms with Crippen molar-refractivity contribution in [1.29, 1.82) is 0 Å². The molecule has 0 saturated heterocycles. The van der Waals surface area contributed by atoms with Crippen LogP contribution < -0.4 is 9.64 Å². The number of carbonyl (C=O) groups is 2. The Balaban J connectivity index is 1.59. The molecule has 1 aliphatic rings. The van der Waals surface area contributed by atoms with Crippen molar-refractivity contribution in [2.24, 2.45) is 0 Å². The number of pyridine rings is 1. The summed E-state index contributed by atoms with van der Waals surface area (Å²) in [5.74, 6) is -1.55. The highest BCUT2D eigenvalue weighted by molar-refractivity contribution is 6.43. The number of aromatic nitrogens is 3. The van der Waals surface area contributed by atoms with Gasteiger partial charge in [-0.05, 0) is 49.4 Å². The largest absolute Gasteiger partial charge is 0.573 e. The third-order valence-electron chi connectivity index (χ3n) is 5.20. The maximum Gasteiger partial charge on any atom is 0.573 e. The van der Waals surface area contributed by atoms with Crippen molar-refractivity contribution in [2.45, 2.75) is 13.3 Å². The highest BCUT2D eigenvalue weighted by Gasteiger charge is 2.40. The van der Waals surface area contributed by atoms with Crippen LogP contribution in [0.25, 0.3) is 16.7 Å². The van der Waals surface area contributed by atoms with Crippen molar-refractivity contribution >= 4 is 51.7 Å². The molecule has 3 heterocycles. The minimum Gasteiger partial charge on any atom is -0.406 e. The molecule has 0 spiro atoms. The Labute approximate surface area is 199 Å². The summed E-state index contributed by atoms with van der Waals surface area (Å²) in [6.07, 6.45) is -3.54. The minimum absolute atomic E-state index is 0.0974. The molecule has 5 rings (SSSR count). The van der Waals surface area contributed by atoms with Gasteiger partial charge in [0.05, 0.1) is 43.6 Å². The van der Waals surface area contributed by atoms with Crippen LogP contribution in [0.4, 0.5) is 18.9 Å². The molecule has 2 amide bonds. The van der Waals surface area contributed by atoms with E-state index in [1.807, 2.05) is 0 Å². The second-order valence-corrected chi connectivity index (χ2v) is 8.14. The van der Waals surface area contributed by atoms with Crippen molar-refractivity contribution in [3.05, 3.63) is 75.5 Å². The Bertz CT molecular complexity index is 1500. The number of amides is 2. The average Bonchev–Trinajstić information content (AvgIpc) is 3.23. The second kappa shape index (κ2) is 7.71. The number of benzene rings is 2. The van der Waals surface area contributed by atoms with Gasteiger partial charge < -0.3 is 4.74 Å². The zero-order valence-corrected chi connectivity index (χ0v) is 18.5. The molecule has 2 aromatic carbocycles. The van der Waals surface area contributed by atoms with E-state index in [2.05, 4.69) is 14.8 Å². The monoisotopic (exact) mass is 506 g/mol. The normalized spacial score (nSPS) is 13.6. The number of hydrogen-bond donors (Lipinski definition) is 0. The predicted molar refractivity (Wildman–Crippen MR) is 118 cm³/mol. The smallest absolute Gasteiger partial charge is 0.406 e. The first-order chi connectivity index (χ1) is 16.0. The van der Waals surface area contributed by atoms with Crippen molar-refractivity contribution in [2.75, 3.05) is 4.90 Å². The predicted octanol–water partition coefficient (Wildman–Crippen LogP) is 5.73. The number of halogens is 5. The molecular formula is C22H11Cl2F3N4O3. The van der Waals surface area contributed by atoms with E-state index < -0.39 is 23.9 Å². The van der Waals surface area contributed by atoms with E-state index in [-0.39, 0.29) is 32.5 Å². The molecule has 7 nitrogen and oxygen atoms in total. The molecule has 2 aromatic heterocycles. The topological polar surface area (TPSA) is 77.3 Å². The number of imide groups is 1. The molecule has 12 heteroatoms. The van der Waals surface area contributed by atoms with Gasteiger partial charge in [0.15, 0.2) is 5.65 Å². The lowest BCUT2D eigenvalue weighted by Crippen LogP contribution is -2.29. The van der Waals surface area contributed by atoms with Gasteiger partial charge in [-0.3, -0.25) is 9.59 Å². The Morgan fingerprint density at radius 2 is 1.62 bits per heavy atom. The van der Waals surface area contributed by atoms with E-state index >= 15 is 0 Å². The summed E-state index contributed by atoms with van der Waals surface area (Å²) in [5, 5.41) is 5.21. The Morgan fingerprint density at radius 3 is 2.26 bits per heavy atom. The number of ether oxygens (including phenoxy) is 1. The summed E-state index contributed by atoms with van der Waals surface area (Å²) >= 11 is 12.0. The number of carbonyl (C=O) groups excluding carboxylic acids is 2. The Hall–Kier alpha value is -3.63. The zero-order chi connectivity index (χ0) is 24.4. The number of anilines is 1. The summed E-state index contributed by atoms with van der Waals surface area (Å²) in [4.78, 5) is 31.7. The second-order valence-electron chi connectivity index (χ2n) is 7.33. The van der Waals surface area contributed by atoms with Crippen LogP contribution in [0, 0.1) is 6.92 Å². The van der Waals surface area contributed by atoms with Gasteiger partial charge in [0, 0.05) is 6.20 Å². The lowest BCUT2D eigenvalue weighted by molar-refractivity contribution is -0.274. The first kappa shape index (κ1) is 22.2. The van der Waals surface area contributed by atoms with Gasteiger partial charge in [-0.1, -0.05) is 23.2 Å². The van der Waals surface area contributed by atoms with E-state index in [1.54, 1.807) is 6.92 Å². The van der Waals surface area contributed by atoms with Crippen LogP contribution in [0.2, 0.25) is 10.0 Å². The van der Waals surface area contributed by atoms with Crippen LogP contribution in [-0.4, -0.2) is 32.9 Å². The van der Waals surface area contributed by atoms with E-state index in [0.29, 0.717) is 16.8 Å². The molecule has 0 bridgehead atoms. The summed E-state index contributed by atoms with van der Waals surface area (Å²) in [7, 11) is 0. The number of fused-ring (bicyclic) bond motifs is 3. The van der Waals surface area contributed by atoms with Gasteiger partial charge in [0.1, 0.15) is 5.75 Å². The summed E-state index contributed by atoms with van der Waals surface area (Å²) in [5.41, 5.74) is 1.53. The van der Waals surface area contributed by atoms with Gasteiger partial charge in [0.25, 0.3) is 11.8 Å². The van der Waals surface area contributed by atoms with E-state index in [0.717, 1.165) is 17.0 Å². The minimum atomic E-state index is -4.81. The van der Waals surface area contributed by atoms with Crippen LogP contribution in [0.3, 0.4) is 0 Å². The van der Waals surface area contributed by atoms with Gasteiger partial charge in [-0.2, -0.15) is 5.10 Å². The third-order valence-corrected chi connectivity index (χ3v) is 5.94. The molecule has 34 heavy (non-hydrogen) atoms. The number of aryl methyl sites for hydroxylation is 1. The summed E-state index contributed by atoms with van der Waals surface area (Å²) in [6, 6.07) is 9.41. The van der Waals surface area contributed by atoms with Crippen molar-refractivity contribution in [3.8, 4) is 11.4 Å². The molecule has 0 N–H and O–H groups in total. The van der Waals surface area contributed by atoms with Gasteiger partial charge in [-0.15, -0.1) is 13.2 Å². The molecule has 0 saturated carbocycles. The van der Waals surface area contributed by atoms with Crippen molar-refractivity contribution in [1.82, 2.24) is 14.8 Å². The lowest BCUT2D eigenvalue weighted by Gasteiger charge is -2.14. The molecule has 0 atom stereocenters. The first-order valence-corrected chi connectivity index (χ1v) is 10.4. The fourth-order valence-corrected chi connectivity index (χ4v) is 4.08. The molecule has 0 fully saturated rings. The maximum absolute atomic E-state index is 13.3. The first-order valence-electron chi connectivity index (χ1n) is 9.63. The molecule has 172 valence electrons. The molecule has 0 radical (unpaired) electrons. The third kappa shape index (κ3) is 3.55. The van der Waals surface area contributed by atoms with Crippen LogP contribution in [-0.2, 0) is 0 Å². The fraction of sp³-hybridized carbons (Fsp3) is 0.0909. The van der Waals surface area contributed by atoms with Crippen LogP contribution in [0.15, 0.2) is 48.7 Å². The van der Waals surface area contributed by atoms with Gasteiger partial charge in [-0.25, -0.2) is 14.6 Å². The Morgan fingerprint density at radius 1 is 0.941 bits per heavy atom. The van der Waals surface area contributed by atoms with Crippen LogP contribution in [0.1, 0.15) is 26.4 Å². The van der Waals surface area contributed by atoms with E-state index in [4.69, 9.17) is 23.2 Å². The number of nitrogens with zero attached hydrogens (tertiary/aromatic N) is 4. The molecular weight excluding hydrogens is 496 g/mol. The lowest BCUT2D eigenvalue weighted by atomic mass is 10.1. The molecule has 0 aliphatic carbocycles. The quantitative estimate of drug-likeness (QED) is 0.331. The maximum atomic E-state index is 13.3. The Kier molecular flexibility index (Phi) is 5.03. The molecule has 1 aliphatic heterocycles. The van der Waals surface area contributed by atoms with E-state index in [1.165, 1.54) is 41.2 Å².